The zero-order valence-electron chi connectivity index (χ0n) is 3.55. The van der Waals surface area contributed by atoms with E-state index in [1.807, 2.05) is 0 Å². The molecule has 0 amide bonds. The van der Waals surface area contributed by atoms with Crippen LogP contribution in [0.15, 0.2) is 0 Å². The molecule has 0 aliphatic carbocycles. The molecule has 0 spiro atoms. The van der Waals surface area contributed by atoms with Crippen molar-refractivity contribution in [1.82, 2.24) is 0 Å². The summed E-state index contributed by atoms with van der Waals surface area (Å²) >= 11 is -2.25. The molecular weight excluding hydrogens is 247 g/mol. The van der Waals surface area contributed by atoms with E-state index >= 15 is 0 Å². The molecule has 0 aromatic rings. The van der Waals surface area contributed by atoms with Crippen LogP contribution >= 0.6 is 7.82 Å². The van der Waals surface area contributed by atoms with Gasteiger partial charge in [0.15, 0.2) is 0 Å². The summed E-state index contributed by atoms with van der Waals surface area (Å²) in [6.07, 6.45) is 0. The summed E-state index contributed by atoms with van der Waals surface area (Å²) < 4.78 is 26.7. The number of phosphoric acid groups is 1. The van der Waals surface area contributed by atoms with Gasteiger partial charge in [-0.2, -0.15) is 0 Å². The SMILES string of the molecule is NOP(=O)(O)[O][Sb]=[O]. The molecule has 0 radical (unpaired) electrons. The molecule has 8 heteroatoms. The Kier molecular flexibility index (Phi) is 3.98. The van der Waals surface area contributed by atoms with Crippen molar-refractivity contribution < 1.29 is 19.9 Å². The van der Waals surface area contributed by atoms with Crippen LogP contribution in [0.1, 0.15) is 0 Å². The second-order valence-corrected chi connectivity index (χ2v) is 3.87. The van der Waals surface area contributed by atoms with Gasteiger partial charge in [-0.15, -0.1) is 0 Å². The second-order valence-electron chi connectivity index (χ2n) is 0.730. The van der Waals surface area contributed by atoms with E-state index in [-0.39, 0.29) is 0 Å². The summed E-state index contributed by atoms with van der Waals surface area (Å²) in [6.45, 7) is 0. The quantitative estimate of drug-likeness (QED) is 0.377. The number of rotatable bonds is 3. The molecule has 3 N–H and O–H groups in total. The standard InChI is InChI=1S/H4NO4P.O.Sb/c1-5-6(2,3)4;;/h1H2,(H2,2,3,4);;/q;;+1/p-1. The molecule has 8 heavy (non-hydrogen) atoms. The molecule has 0 aromatic heterocycles. The number of nitrogens with two attached hydrogens (primary N) is 1. The minimum atomic E-state index is -4.14. The fourth-order valence-corrected chi connectivity index (χ4v) is 1.24. The molecular formula is H3NO5PSb. The van der Waals surface area contributed by atoms with Crippen LogP contribution in [-0.2, 0) is 15.0 Å². The van der Waals surface area contributed by atoms with E-state index in [1.165, 1.54) is 0 Å². The zero-order chi connectivity index (χ0) is 6.62. The van der Waals surface area contributed by atoms with Crippen LogP contribution < -0.4 is 5.90 Å². The molecule has 0 bridgehead atoms. The first-order valence-electron chi connectivity index (χ1n) is 1.35. The van der Waals surface area contributed by atoms with E-state index in [2.05, 4.69) is 13.3 Å². The average molecular weight is 250 g/mol. The average Bonchev–Trinajstić information content (AvgIpc) is 1.67. The van der Waals surface area contributed by atoms with Crippen molar-refractivity contribution in [3.63, 3.8) is 0 Å². The van der Waals surface area contributed by atoms with E-state index in [0.717, 1.165) is 0 Å². The first-order valence-corrected chi connectivity index (χ1v) is 4.93. The van der Waals surface area contributed by atoms with Gasteiger partial charge in [-0.05, 0) is 0 Å². The van der Waals surface area contributed by atoms with Gasteiger partial charge >= 0.3 is 55.6 Å². The Labute approximate surface area is 56.0 Å². The van der Waals surface area contributed by atoms with Gasteiger partial charge in [-0.3, -0.25) is 0 Å². The molecule has 0 heterocycles. The first-order chi connectivity index (χ1) is 3.62. The van der Waals surface area contributed by atoms with Gasteiger partial charge < -0.3 is 0 Å². The third-order valence-corrected chi connectivity index (χ3v) is 3.15. The van der Waals surface area contributed by atoms with Crippen LogP contribution in [0.25, 0.3) is 0 Å². The van der Waals surface area contributed by atoms with Gasteiger partial charge in [0.25, 0.3) is 0 Å². The number of hydrogen-bond acceptors (Lipinski definition) is 5. The van der Waals surface area contributed by atoms with E-state index in [0.29, 0.717) is 0 Å². The van der Waals surface area contributed by atoms with Gasteiger partial charge in [-0.25, -0.2) is 0 Å². The number of hydrogen-bond donors (Lipinski definition) is 2. The molecule has 0 aliphatic rings. The van der Waals surface area contributed by atoms with Gasteiger partial charge in [0.05, 0.1) is 0 Å². The third kappa shape index (κ3) is 3.66. The van der Waals surface area contributed by atoms with Gasteiger partial charge in [0, 0.05) is 0 Å². The monoisotopic (exact) mass is 249 g/mol. The van der Waals surface area contributed by atoms with Crippen molar-refractivity contribution in [2.75, 3.05) is 0 Å². The van der Waals surface area contributed by atoms with Gasteiger partial charge in [0.2, 0.25) is 0 Å². The van der Waals surface area contributed by atoms with Gasteiger partial charge in [-0.1, -0.05) is 0 Å². The molecule has 1 atom stereocenters. The Morgan fingerprint density at radius 1 is 1.75 bits per heavy atom. The molecule has 0 saturated carbocycles. The molecule has 0 saturated heterocycles. The van der Waals surface area contributed by atoms with Gasteiger partial charge in [0.1, 0.15) is 0 Å². The topological polar surface area (TPSA) is 98.8 Å². The fourth-order valence-electron chi connectivity index (χ4n) is 0.0614. The Hall–Kier alpha value is 0.688. The second kappa shape index (κ2) is 3.66. The minimum absolute atomic E-state index is 2.25. The summed E-state index contributed by atoms with van der Waals surface area (Å²) in [5.74, 6) is 4.24. The van der Waals surface area contributed by atoms with Crippen LogP contribution in [0.2, 0.25) is 0 Å². The van der Waals surface area contributed by atoms with Crippen LogP contribution in [0.3, 0.4) is 0 Å². The summed E-state index contributed by atoms with van der Waals surface area (Å²) in [4.78, 5) is 8.15. The van der Waals surface area contributed by atoms with E-state index in [4.69, 9.17) is 4.89 Å². The fraction of sp³-hybridized carbons (Fsp3) is 0. The predicted molar refractivity (Wildman–Crippen MR) is 22.6 cm³/mol. The third-order valence-electron chi connectivity index (χ3n) is 0.270. The molecule has 1 unspecified atom stereocenters. The van der Waals surface area contributed by atoms with Crippen molar-refractivity contribution in [3.8, 4) is 0 Å². The van der Waals surface area contributed by atoms with E-state index < -0.39 is 29.8 Å². The molecule has 6 nitrogen and oxygen atoms in total. The van der Waals surface area contributed by atoms with Crippen LogP contribution in [0.4, 0.5) is 0 Å². The molecule has 0 aromatic carbocycles. The normalized spacial score (nSPS) is 17.2. The predicted octanol–water partition coefficient (Wildman–Crippen LogP) is -1.04. The molecule has 0 rings (SSSR count). The molecule has 0 aliphatic heterocycles. The van der Waals surface area contributed by atoms with Crippen LogP contribution in [0, 0.1) is 0 Å². The van der Waals surface area contributed by atoms with Crippen molar-refractivity contribution in [3.05, 3.63) is 0 Å². The van der Waals surface area contributed by atoms with E-state index in [9.17, 15) is 7.58 Å². The summed E-state index contributed by atoms with van der Waals surface area (Å²) in [5, 5.41) is 0. The molecule has 48 valence electrons. The summed E-state index contributed by atoms with van der Waals surface area (Å²) in [5.41, 5.74) is 0. The molecule has 0 fully saturated rings. The van der Waals surface area contributed by atoms with Crippen molar-refractivity contribution >= 4 is 29.8 Å². The van der Waals surface area contributed by atoms with Crippen LogP contribution in [0.5, 0.6) is 0 Å². The Balaban J connectivity index is 3.72. The van der Waals surface area contributed by atoms with Crippen molar-refractivity contribution in [2.45, 2.75) is 0 Å². The Morgan fingerprint density at radius 2 is 2.25 bits per heavy atom. The summed E-state index contributed by atoms with van der Waals surface area (Å²) in [6, 6.07) is 0. The Bertz CT molecular complexity index is 122. The summed E-state index contributed by atoms with van der Waals surface area (Å²) in [7, 11) is -4.14. The first kappa shape index (κ1) is 8.69. The maximum absolute atomic E-state index is 10.0. The Morgan fingerprint density at radius 3 is 2.38 bits per heavy atom. The van der Waals surface area contributed by atoms with E-state index in [1.54, 1.807) is 0 Å². The zero-order valence-corrected chi connectivity index (χ0v) is 7.00. The van der Waals surface area contributed by atoms with Crippen molar-refractivity contribution in [1.29, 1.82) is 0 Å². The van der Waals surface area contributed by atoms with Crippen LogP contribution in [-0.4, -0.2) is 26.9 Å². The maximum atomic E-state index is 10.0. The van der Waals surface area contributed by atoms with Crippen molar-refractivity contribution in [2.24, 2.45) is 5.90 Å².